The molecule has 0 aliphatic carbocycles. The van der Waals surface area contributed by atoms with Crippen molar-refractivity contribution in [2.75, 3.05) is 25.0 Å². The molecule has 0 aliphatic rings. The Bertz CT molecular complexity index is 492. The van der Waals surface area contributed by atoms with Gasteiger partial charge >= 0.3 is 12.1 Å². The van der Waals surface area contributed by atoms with Crippen LogP contribution in [0.3, 0.4) is 0 Å². The number of esters is 1. The highest BCUT2D eigenvalue weighted by atomic mass is 16.6. The van der Waals surface area contributed by atoms with E-state index in [2.05, 4.69) is 10.6 Å². The van der Waals surface area contributed by atoms with Crippen LogP contribution in [0.25, 0.3) is 0 Å². The summed E-state index contributed by atoms with van der Waals surface area (Å²) < 4.78 is 10.0. The van der Waals surface area contributed by atoms with Crippen molar-refractivity contribution in [1.29, 1.82) is 0 Å². The van der Waals surface area contributed by atoms with Gasteiger partial charge in [-0.3, -0.25) is 0 Å². The lowest BCUT2D eigenvalue weighted by atomic mass is 10.2. The van der Waals surface area contributed by atoms with E-state index in [1.54, 1.807) is 31.2 Å². The van der Waals surface area contributed by atoms with Gasteiger partial charge in [-0.15, -0.1) is 0 Å². The number of hydrogen-bond donors (Lipinski definition) is 2. The average molecular weight is 308 g/mol. The molecule has 6 nitrogen and oxygen atoms in total. The van der Waals surface area contributed by atoms with Gasteiger partial charge in [-0.1, -0.05) is 0 Å². The molecule has 0 atom stereocenters. The molecule has 1 aromatic rings. The van der Waals surface area contributed by atoms with Gasteiger partial charge in [0, 0.05) is 18.8 Å². The van der Waals surface area contributed by atoms with Gasteiger partial charge in [-0.05, 0) is 52.0 Å². The van der Waals surface area contributed by atoms with Crippen molar-refractivity contribution in [1.82, 2.24) is 5.32 Å². The SMILES string of the molecule is CCOC(=O)c1ccc(NCCNC(=O)OC(C)(C)C)cc1. The van der Waals surface area contributed by atoms with Crippen LogP contribution in [0.5, 0.6) is 0 Å². The van der Waals surface area contributed by atoms with Crippen molar-refractivity contribution in [3.63, 3.8) is 0 Å². The zero-order valence-electron chi connectivity index (χ0n) is 13.6. The van der Waals surface area contributed by atoms with Gasteiger partial charge in [0.25, 0.3) is 0 Å². The summed E-state index contributed by atoms with van der Waals surface area (Å²) in [5.41, 5.74) is 0.874. The van der Waals surface area contributed by atoms with E-state index in [-0.39, 0.29) is 5.97 Å². The Morgan fingerprint density at radius 2 is 1.73 bits per heavy atom. The Labute approximate surface area is 131 Å². The molecule has 0 bridgehead atoms. The summed E-state index contributed by atoms with van der Waals surface area (Å²) in [5.74, 6) is -0.333. The van der Waals surface area contributed by atoms with Crippen LogP contribution < -0.4 is 10.6 Å². The van der Waals surface area contributed by atoms with Crippen LogP contribution in [0.15, 0.2) is 24.3 Å². The Morgan fingerprint density at radius 3 is 2.27 bits per heavy atom. The smallest absolute Gasteiger partial charge is 0.407 e. The molecular formula is C16H24N2O4. The van der Waals surface area contributed by atoms with Crippen LogP contribution in [-0.2, 0) is 9.47 Å². The number of anilines is 1. The number of carbonyl (C=O) groups excluding carboxylic acids is 2. The third-order valence-electron chi connectivity index (χ3n) is 2.52. The van der Waals surface area contributed by atoms with Gasteiger partial charge in [-0.2, -0.15) is 0 Å². The van der Waals surface area contributed by atoms with Gasteiger partial charge in [-0.25, -0.2) is 9.59 Å². The zero-order valence-corrected chi connectivity index (χ0v) is 13.6. The van der Waals surface area contributed by atoms with Crippen molar-refractivity contribution in [3.8, 4) is 0 Å². The molecule has 0 aliphatic heterocycles. The summed E-state index contributed by atoms with van der Waals surface area (Å²) in [4.78, 5) is 22.9. The molecule has 1 aromatic carbocycles. The minimum Gasteiger partial charge on any atom is -0.462 e. The Morgan fingerprint density at radius 1 is 1.09 bits per heavy atom. The molecule has 1 rings (SSSR count). The van der Waals surface area contributed by atoms with Crippen LogP contribution in [-0.4, -0.2) is 37.4 Å². The third kappa shape index (κ3) is 6.97. The number of amides is 1. The number of carbonyl (C=O) groups is 2. The first kappa shape index (κ1) is 17.8. The summed E-state index contributed by atoms with van der Waals surface area (Å²) >= 11 is 0. The normalized spacial score (nSPS) is 10.7. The summed E-state index contributed by atoms with van der Waals surface area (Å²) in [5, 5.41) is 5.80. The largest absolute Gasteiger partial charge is 0.462 e. The van der Waals surface area contributed by atoms with Crippen LogP contribution in [0, 0.1) is 0 Å². The molecule has 1 amide bonds. The Kier molecular flexibility index (Phi) is 6.69. The fourth-order valence-corrected chi connectivity index (χ4v) is 1.62. The number of hydrogen-bond acceptors (Lipinski definition) is 5. The quantitative estimate of drug-likeness (QED) is 0.624. The second-order valence-electron chi connectivity index (χ2n) is 5.65. The highest BCUT2D eigenvalue weighted by Crippen LogP contribution is 2.10. The molecule has 0 fully saturated rings. The molecule has 0 radical (unpaired) electrons. The topological polar surface area (TPSA) is 76.7 Å². The number of nitrogens with one attached hydrogen (secondary N) is 2. The van der Waals surface area contributed by atoms with Crippen molar-refractivity contribution >= 4 is 17.7 Å². The molecule has 22 heavy (non-hydrogen) atoms. The maximum absolute atomic E-state index is 11.5. The molecule has 0 saturated carbocycles. The van der Waals surface area contributed by atoms with Gasteiger partial charge in [0.05, 0.1) is 12.2 Å². The molecule has 0 spiro atoms. The number of alkyl carbamates (subject to hydrolysis) is 1. The van der Waals surface area contributed by atoms with E-state index in [1.165, 1.54) is 0 Å². The first-order valence-electron chi connectivity index (χ1n) is 7.29. The highest BCUT2D eigenvalue weighted by molar-refractivity contribution is 5.89. The second kappa shape index (κ2) is 8.26. The predicted octanol–water partition coefficient (Wildman–Crippen LogP) is 2.80. The van der Waals surface area contributed by atoms with Crippen molar-refractivity contribution < 1.29 is 19.1 Å². The van der Waals surface area contributed by atoms with Gasteiger partial charge in [0.15, 0.2) is 0 Å². The summed E-state index contributed by atoms with van der Waals surface area (Å²) in [6.07, 6.45) is -0.438. The monoisotopic (exact) mass is 308 g/mol. The molecular weight excluding hydrogens is 284 g/mol. The molecule has 2 N–H and O–H groups in total. The van der Waals surface area contributed by atoms with Crippen LogP contribution >= 0.6 is 0 Å². The Hall–Kier alpha value is -2.24. The highest BCUT2D eigenvalue weighted by Gasteiger charge is 2.15. The van der Waals surface area contributed by atoms with Crippen LogP contribution in [0.4, 0.5) is 10.5 Å². The fraction of sp³-hybridized carbons (Fsp3) is 0.500. The molecule has 0 saturated heterocycles. The maximum atomic E-state index is 11.5. The summed E-state index contributed by atoms with van der Waals surface area (Å²) in [6.45, 7) is 8.56. The van der Waals surface area contributed by atoms with Gasteiger partial charge in [0.2, 0.25) is 0 Å². The number of benzene rings is 1. The van der Waals surface area contributed by atoms with Gasteiger partial charge in [0.1, 0.15) is 5.60 Å². The number of ether oxygens (including phenoxy) is 2. The van der Waals surface area contributed by atoms with E-state index in [1.807, 2.05) is 20.8 Å². The van der Waals surface area contributed by atoms with Crippen molar-refractivity contribution in [3.05, 3.63) is 29.8 Å². The first-order valence-corrected chi connectivity index (χ1v) is 7.29. The summed E-state index contributed by atoms with van der Waals surface area (Å²) in [7, 11) is 0. The van der Waals surface area contributed by atoms with E-state index in [0.717, 1.165) is 5.69 Å². The number of rotatable bonds is 6. The average Bonchev–Trinajstić information content (AvgIpc) is 2.42. The van der Waals surface area contributed by atoms with E-state index in [4.69, 9.17) is 9.47 Å². The zero-order chi connectivity index (χ0) is 16.6. The minimum atomic E-state index is -0.500. The van der Waals surface area contributed by atoms with E-state index in [0.29, 0.717) is 25.3 Å². The van der Waals surface area contributed by atoms with E-state index in [9.17, 15) is 9.59 Å². The molecule has 6 heteroatoms. The lowest BCUT2D eigenvalue weighted by Crippen LogP contribution is -2.34. The van der Waals surface area contributed by atoms with Crippen molar-refractivity contribution in [2.45, 2.75) is 33.3 Å². The first-order chi connectivity index (χ1) is 10.3. The standard InChI is InChI=1S/C16H24N2O4/c1-5-21-14(19)12-6-8-13(9-7-12)17-10-11-18-15(20)22-16(2,3)4/h6-9,17H,5,10-11H2,1-4H3,(H,18,20). The molecule has 0 aromatic heterocycles. The van der Waals surface area contributed by atoms with Crippen LogP contribution in [0.2, 0.25) is 0 Å². The Balaban J connectivity index is 2.31. The molecule has 0 heterocycles. The maximum Gasteiger partial charge on any atom is 0.407 e. The summed E-state index contributed by atoms with van der Waals surface area (Å²) in [6, 6.07) is 6.97. The van der Waals surface area contributed by atoms with Gasteiger partial charge < -0.3 is 20.1 Å². The van der Waals surface area contributed by atoms with E-state index < -0.39 is 11.7 Å². The predicted molar refractivity (Wildman–Crippen MR) is 85.1 cm³/mol. The third-order valence-corrected chi connectivity index (χ3v) is 2.52. The lowest BCUT2D eigenvalue weighted by molar-refractivity contribution is 0.0517. The lowest BCUT2D eigenvalue weighted by Gasteiger charge is -2.19. The molecule has 122 valence electrons. The minimum absolute atomic E-state index is 0.333. The van der Waals surface area contributed by atoms with E-state index >= 15 is 0 Å². The van der Waals surface area contributed by atoms with Crippen molar-refractivity contribution in [2.24, 2.45) is 0 Å². The molecule has 0 unspecified atom stereocenters. The fourth-order valence-electron chi connectivity index (χ4n) is 1.62. The van der Waals surface area contributed by atoms with Crippen LogP contribution in [0.1, 0.15) is 38.1 Å². The second-order valence-corrected chi connectivity index (χ2v) is 5.65.